The molecule has 0 amide bonds. The van der Waals surface area contributed by atoms with Crippen molar-refractivity contribution in [1.29, 1.82) is 0 Å². The maximum Gasteiger partial charge on any atom is 0.335 e. The van der Waals surface area contributed by atoms with Gasteiger partial charge >= 0.3 is 11.7 Å². The Labute approximate surface area is 113 Å². The molecule has 0 aliphatic carbocycles. The van der Waals surface area contributed by atoms with Crippen molar-refractivity contribution in [2.75, 3.05) is 0 Å². The van der Waals surface area contributed by atoms with Crippen molar-refractivity contribution < 1.29 is 19.6 Å². The van der Waals surface area contributed by atoms with Crippen LogP contribution in [0.2, 0.25) is 0 Å². The average molecular weight is 274 g/mol. The van der Waals surface area contributed by atoms with Gasteiger partial charge in [-0.2, -0.15) is 0 Å². The largest absolute Gasteiger partial charge is 0.478 e. The van der Waals surface area contributed by atoms with Gasteiger partial charge in [-0.1, -0.05) is 6.07 Å². The monoisotopic (exact) mass is 274 g/mol. The second-order valence-corrected chi connectivity index (χ2v) is 3.97. The lowest BCUT2D eigenvalue weighted by molar-refractivity contribution is -0.386. The molecule has 0 unspecified atom stereocenters. The minimum absolute atomic E-state index is 0.0257. The third kappa shape index (κ3) is 2.89. The van der Waals surface area contributed by atoms with Crippen molar-refractivity contribution >= 4 is 11.7 Å². The highest BCUT2D eigenvalue weighted by atomic mass is 16.6. The van der Waals surface area contributed by atoms with Crippen LogP contribution in [0.5, 0.6) is 11.6 Å². The first kappa shape index (κ1) is 13.5. The summed E-state index contributed by atoms with van der Waals surface area (Å²) in [6.45, 7) is 1.67. The van der Waals surface area contributed by atoms with Gasteiger partial charge in [0, 0.05) is 11.8 Å². The number of rotatable bonds is 4. The van der Waals surface area contributed by atoms with E-state index in [0.29, 0.717) is 5.69 Å². The Bertz CT molecular complexity index is 684. The van der Waals surface area contributed by atoms with E-state index >= 15 is 0 Å². The van der Waals surface area contributed by atoms with Gasteiger partial charge in [0.15, 0.2) is 0 Å². The molecule has 1 N–H and O–H groups in total. The number of carboxylic acid groups (broad SMARTS) is 1. The molecule has 0 saturated heterocycles. The van der Waals surface area contributed by atoms with Crippen LogP contribution in [0, 0.1) is 17.0 Å². The van der Waals surface area contributed by atoms with Gasteiger partial charge in [0.1, 0.15) is 5.75 Å². The average Bonchev–Trinajstić information content (AvgIpc) is 2.38. The minimum atomic E-state index is -1.11. The summed E-state index contributed by atoms with van der Waals surface area (Å²) < 4.78 is 5.33. The number of ether oxygens (including phenoxy) is 1. The topological polar surface area (TPSA) is 103 Å². The number of hydrogen-bond acceptors (Lipinski definition) is 5. The van der Waals surface area contributed by atoms with Crippen LogP contribution >= 0.6 is 0 Å². The predicted molar refractivity (Wildman–Crippen MR) is 69.1 cm³/mol. The van der Waals surface area contributed by atoms with Gasteiger partial charge in [0.05, 0.1) is 10.5 Å². The maximum absolute atomic E-state index is 10.9. The van der Waals surface area contributed by atoms with Crippen LogP contribution in [0.3, 0.4) is 0 Å². The van der Waals surface area contributed by atoms with Crippen molar-refractivity contribution in [3.8, 4) is 11.6 Å². The van der Waals surface area contributed by atoms with E-state index in [1.165, 1.54) is 36.4 Å². The Hall–Kier alpha value is -2.96. The van der Waals surface area contributed by atoms with E-state index in [2.05, 4.69) is 4.98 Å². The molecular weight excluding hydrogens is 264 g/mol. The second kappa shape index (κ2) is 5.35. The molecule has 0 aliphatic heterocycles. The fourth-order valence-corrected chi connectivity index (χ4v) is 1.54. The van der Waals surface area contributed by atoms with Crippen LogP contribution in [-0.2, 0) is 0 Å². The SMILES string of the molecule is Cc1ccc([N+](=O)[O-])c(Oc2cccc(C(=O)O)c2)n1. The third-order valence-electron chi connectivity index (χ3n) is 2.47. The predicted octanol–water partition coefficient (Wildman–Crippen LogP) is 2.79. The summed E-state index contributed by atoms with van der Waals surface area (Å²) in [4.78, 5) is 25.1. The summed E-state index contributed by atoms with van der Waals surface area (Å²) in [5.41, 5.74) is 0.300. The molecule has 7 nitrogen and oxygen atoms in total. The van der Waals surface area contributed by atoms with E-state index in [9.17, 15) is 14.9 Å². The van der Waals surface area contributed by atoms with Crippen molar-refractivity contribution in [3.05, 3.63) is 57.8 Å². The molecule has 1 aromatic carbocycles. The highest BCUT2D eigenvalue weighted by Crippen LogP contribution is 2.29. The lowest BCUT2D eigenvalue weighted by atomic mass is 10.2. The number of hydrogen-bond donors (Lipinski definition) is 1. The van der Waals surface area contributed by atoms with E-state index in [1.807, 2.05) is 0 Å². The van der Waals surface area contributed by atoms with E-state index < -0.39 is 10.9 Å². The highest BCUT2D eigenvalue weighted by molar-refractivity contribution is 5.88. The maximum atomic E-state index is 10.9. The summed E-state index contributed by atoms with van der Waals surface area (Å²) >= 11 is 0. The summed E-state index contributed by atoms with van der Waals surface area (Å²) in [7, 11) is 0. The number of nitrogens with zero attached hydrogens (tertiary/aromatic N) is 2. The van der Waals surface area contributed by atoms with Crippen molar-refractivity contribution in [2.24, 2.45) is 0 Å². The molecule has 0 atom stereocenters. The van der Waals surface area contributed by atoms with Gasteiger partial charge in [-0.25, -0.2) is 9.78 Å². The van der Waals surface area contributed by atoms with Crippen molar-refractivity contribution in [1.82, 2.24) is 4.98 Å². The standard InChI is InChI=1S/C13H10N2O5/c1-8-5-6-11(15(18)19)12(14-8)20-10-4-2-3-9(7-10)13(16)17/h2-7H,1H3,(H,16,17). The van der Waals surface area contributed by atoms with Gasteiger partial charge in [0.2, 0.25) is 0 Å². The quantitative estimate of drug-likeness (QED) is 0.679. The third-order valence-corrected chi connectivity index (χ3v) is 2.47. The van der Waals surface area contributed by atoms with E-state index in [4.69, 9.17) is 9.84 Å². The molecule has 102 valence electrons. The molecule has 0 bridgehead atoms. The zero-order chi connectivity index (χ0) is 14.7. The smallest absolute Gasteiger partial charge is 0.335 e. The number of aryl methyl sites for hydroxylation is 1. The number of nitro groups is 1. The lowest BCUT2D eigenvalue weighted by Gasteiger charge is -2.06. The van der Waals surface area contributed by atoms with E-state index in [1.54, 1.807) is 6.92 Å². The molecule has 0 spiro atoms. The normalized spacial score (nSPS) is 10.1. The molecule has 0 fully saturated rings. The highest BCUT2D eigenvalue weighted by Gasteiger charge is 2.18. The van der Waals surface area contributed by atoms with Gasteiger partial charge in [-0.15, -0.1) is 0 Å². The van der Waals surface area contributed by atoms with Crippen LogP contribution in [0.4, 0.5) is 5.69 Å². The number of aromatic carboxylic acids is 1. The number of pyridine rings is 1. The minimum Gasteiger partial charge on any atom is -0.478 e. The lowest BCUT2D eigenvalue weighted by Crippen LogP contribution is -1.99. The zero-order valence-electron chi connectivity index (χ0n) is 10.4. The van der Waals surface area contributed by atoms with Crippen molar-refractivity contribution in [3.63, 3.8) is 0 Å². The van der Waals surface area contributed by atoms with Gasteiger partial charge in [-0.3, -0.25) is 10.1 Å². The molecular formula is C13H10N2O5. The molecule has 1 heterocycles. The Morgan fingerprint density at radius 3 is 2.75 bits per heavy atom. The van der Waals surface area contributed by atoms with E-state index in [-0.39, 0.29) is 22.9 Å². The molecule has 0 radical (unpaired) electrons. The second-order valence-electron chi connectivity index (χ2n) is 3.97. The Morgan fingerprint density at radius 1 is 1.35 bits per heavy atom. The molecule has 2 rings (SSSR count). The zero-order valence-corrected chi connectivity index (χ0v) is 10.4. The number of carboxylic acids is 1. The Morgan fingerprint density at radius 2 is 2.10 bits per heavy atom. The van der Waals surface area contributed by atoms with Gasteiger partial charge in [-0.05, 0) is 31.2 Å². The van der Waals surface area contributed by atoms with Gasteiger partial charge in [0.25, 0.3) is 5.88 Å². The first-order valence-corrected chi connectivity index (χ1v) is 5.60. The van der Waals surface area contributed by atoms with Crippen LogP contribution in [0.25, 0.3) is 0 Å². The molecule has 0 saturated carbocycles. The number of carbonyl (C=O) groups is 1. The van der Waals surface area contributed by atoms with Crippen LogP contribution in [0.1, 0.15) is 16.1 Å². The summed E-state index contributed by atoms with van der Waals surface area (Å²) in [5, 5.41) is 19.8. The van der Waals surface area contributed by atoms with Crippen LogP contribution in [0.15, 0.2) is 36.4 Å². The molecule has 7 heteroatoms. The summed E-state index contributed by atoms with van der Waals surface area (Å²) in [6.07, 6.45) is 0. The van der Waals surface area contributed by atoms with Crippen LogP contribution < -0.4 is 4.74 Å². The Balaban J connectivity index is 2.39. The fraction of sp³-hybridized carbons (Fsp3) is 0.0769. The van der Waals surface area contributed by atoms with E-state index in [0.717, 1.165) is 0 Å². The molecule has 1 aromatic heterocycles. The summed E-state index contributed by atoms with van der Waals surface area (Å²) in [6, 6.07) is 8.45. The number of benzene rings is 1. The fourth-order valence-electron chi connectivity index (χ4n) is 1.54. The number of aromatic nitrogens is 1. The first-order valence-electron chi connectivity index (χ1n) is 5.60. The van der Waals surface area contributed by atoms with Gasteiger partial charge < -0.3 is 9.84 Å². The van der Waals surface area contributed by atoms with Crippen molar-refractivity contribution in [2.45, 2.75) is 6.92 Å². The first-order chi connectivity index (χ1) is 9.47. The summed E-state index contributed by atoms with van der Waals surface area (Å²) in [5.74, 6) is -1.11. The molecule has 0 aliphatic rings. The molecule has 20 heavy (non-hydrogen) atoms. The molecule has 2 aromatic rings. The van der Waals surface area contributed by atoms with Crippen LogP contribution in [-0.4, -0.2) is 21.0 Å². The Kier molecular flexibility index (Phi) is 3.60.